The number of rotatable bonds is 8. The number of anilines is 1. The Bertz CT molecular complexity index is 362. The van der Waals surface area contributed by atoms with Gasteiger partial charge in [-0.15, -0.1) is 6.58 Å². The van der Waals surface area contributed by atoms with Crippen molar-refractivity contribution in [1.82, 2.24) is 15.1 Å². The smallest absolute Gasteiger partial charge is 0.241 e. The van der Waals surface area contributed by atoms with Gasteiger partial charge in [0.05, 0.1) is 25.1 Å². The van der Waals surface area contributed by atoms with E-state index in [2.05, 4.69) is 17.0 Å². The molecule has 0 bridgehead atoms. The van der Waals surface area contributed by atoms with Crippen molar-refractivity contribution in [3.63, 3.8) is 0 Å². The first kappa shape index (κ1) is 13.2. The Hall–Kier alpha value is -1.82. The van der Waals surface area contributed by atoms with E-state index in [-0.39, 0.29) is 12.5 Å². The maximum absolute atomic E-state index is 11.4. The van der Waals surface area contributed by atoms with Gasteiger partial charge in [-0.05, 0) is 6.42 Å². The number of ether oxygens (including phenoxy) is 1. The standard InChI is InChI=1S/C11H18N4O2/c1-2-3-5-17-6-4-13-11(16)9-15-8-10(12)7-14-15/h2,7-8H,1,3-6,9,12H2,(H,13,16). The number of carbonyl (C=O) groups excluding carboxylic acids is 1. The Morgan fingerprint density at radius 3 is 3.12 bits per heavy atom. The lowest BCUT2D eigenvalue weighted by molar-refractivity contribution is -0.122. The van der Waals surface area contributed by atoms with Crippen molar-refractivity contribution in [3.05, 3.63) is 25.0 Å². The predicted octanol–water partition coefficient (Wildman–Crippen LogP) is 0.174. The third-order valence-electron chi connectivity index (χ3n) is 1.99. The topological polar surface area (TPSA) is 82.2 Å². The number of nitrogen functional groups attached to an aromatic ring is 1. The van der Waals surface area contributed by atoms with Gasteiger partial charge in [0, 0.05) is 12.7 Å². The van der Waals surface area contributed by atoms with Crippen LogP contribution in [0.1, 0.15) is 6.42 Å². The molecule has 1 amide bonds. The summed E-state index contributed by atoms with van der Waals surface area (Å²) in [5.74, 6) is -0.111. The van der Waals surface area contributed by atoms with Gasteiger partial charge < -0.3 is 15.8 Å². The maximum atomic E-state index is 11.4. The molecule has 1 aromatic rings. The molecule has 1 heterocycles. The summed E-state index contributed by atoms with van der Waals surface area (Å²) in [7, 11) is 0. The maximum Gasteiger partial charge on any atom is 0.241 e. The molecule has 0 atom stereocenters. The highest BCUT2D eigenvalue weighted by Crippen LogP contribution is 1.96. The lowest BCUT2D eigenvalue weighted by Gasteiger charge is -2.05. The number of aromatic nitrogens is 2. The highest BCUT2D eigenvalue weighted by molar-refractivity contribution is 5.75. The molecule has 1 aromatic heterocycles. The molecule has 94 valence electrons. The van der Waals surface area contributed by atoms with Crippen molar-refractivity contribution < 1.29 is 9.53 Å². The van der Waals surface area contributed by atoms with Crippen LogP contribution >= 0.6 is 0 Å². The van der Waals surface area contributed by atoms with Crippen LogP contribution in [0.2, 0.25) is 0 Å². The molecule has 0 aliphatic heterocycles. The molecular weight excluding hydrogens is 220 g/mol. The minimum atomic E-state index is -0.111. The second-order valence-corrected chi connectivity index (χ2v) is 3.51. The van der Waals surface area contributed by atoms with Crippen LogP contribution in [0.3, 0.4) is 0 Å². The minimum Gasteiger partial charge on any atom is -0.396 e. The van der Waals surface area contributed by atoms with E-state index in [9.17, 15) is 4.79 Å². The van der Waals surface area contributed by atoms with Gasteiger partial charge in [0.2, 0.25) is 5.91 Å². The normalized spacial score (nSPS) is 10.1. The first-order valence-corrected chi connectivity index (χ1v) is 5.45. The molecule has 0 radical (unpaired) electrons. The molecule has 1 rings (SSSR count). The van der Waals surface area contributed by atoms with Crippen molar-refractivity contribution in [2.75, 3.05) is 25.5 Å². The zero-order valence-electron chi connectivity index (χ0n) is 9.76. The van der Waals surface area contributed by atoms with E-state index >= 15 is 0 Å². The molecule has 17 heavy (non-hydrogen) atoms. The molecule has 0 unspecified atom stereocenters. The zero-order valence-corrected chi connectivity index (χ0v) is 9.76. The van der Waals surface area contributed by atoms with Crippen LogP contribution in [0.5, 0.6) is 0 Å². The highest BCUT2D eigenvalue weighted by Gasteiger charge is 2.02. The summed E-state index contributed by atoms with van der Waals surface area (Å²) < 4.78 is 6.74. The first-order chi connectivity index (χ1) is 8.22. The monoisotopic (exact) mass is 238 g/mol. The lowest BCUT2D eigenvalue weighted by Crippen LogP contribution is -2.30. The third-order valence-corrected chi connectivity index (χ3v) is 1.99. The molecule has 0 aliphatic rings. The molecule has 0 aliphatic carbocycles. The number of hydrogen-bond donors (Lipinski definition) is 2. The fraction of sp³-hybridized carbons (Fsp3) is 0.455. The Balaban J connectivity index is 2.07. The van der Waals surface area contributed by atoms with Gasteiger partial charge in [0.15, 0.2) is 0 Å². The van der Waals surface area contributed by atoms with Gasteiger partial charge in [-0.25, -0.2) is 0 Å². The predicted molar refractivity (Wildman–Crippen MR) is 65.3 cm³/mol. The van der Waals surface area contributed by atoms with Crippen LogP contribution in [-0.2, 0) is 16.1 Å². The van der Waals surface area contributed by atoms with Crippen LogP contribution < -0.4 is 11.1 Å². The number of carbonyl (C=O) groups is 1. The quantitative estimate of drug-likeness (QED) is 0.500. The average molecular weight is 238 g/mol. The van der Waals surface area contributed by atoms with E-state index in [1.54, 1.807) is 12.3 Å². The SMILES string of the molecule is C=CCCOCCNC(=O)Cn1cc(N)cn1. The van der Waals surface area contributed by atoms with Crippen molar-refractivity contribution in [1.29, 1.82) is 0 Å². The number of nitrogens with two attached hydrogens (primary N) is 1. The van der Waals surface area contributed by atoms with Crippen LogP contribution in [0, 0.1) is 0 Å². The Morgan fingerprint density at radius 1 is 1.65 bits per heavy atom. The van der Waals surface area contributed by atoms with E-state index in [1.807, 2.05) is 0 Å². The van der Waals surface area contributed by atoms with Crippen LogP contribution in [-0.4, -0.2) is 35.4 Å². The van der Waals surface area contributed by atoms with Gasteiger partial charge >= 0.3 is 0 Å². The van der Waals surface area contributed by atoms with E-state index in [1.165, 1.54) is 10.9 Å². The number of hydrogen-bond acceptors (Lipinski definition) is 4. The lowest BCUT2D eigenvalue weighted by atomic mass is 10.4. The molecule has 0 aromatic carbocycles. The van der Waals surface area contributed by atoms with E-state index in [4.69, 9.17) is 10.5 Å². The van der Waals surface area contributed by atoms with Gasteiger partial charge in [-0.1, -0.05) is 6.08 Å². The Morgan fingerprint density at radius 2 is 2.47 bits per heavy atom. The molecule has 0 saturated carbocycles. The van der Waals surface area contributed by atoms with Crippen molar-refractivity contribution >= 4 is 11.6 Å². The summed E-state index contributed by atoms with van der Waals surface area (Å²) in [5.41, 5.74) is 6.03. The van der Waals surface area contributed by atoms with Gasteiger partial charge in [0.1, 0.15) is 6.54 Å². The molecule has 6 heteroatoms. The van der Waals surface area contributed by atoms with E-state index in [0.29, 0.717) is 25.4 Å². The van der Waals surface area contributed by atoms with Crippen LogP contribution in [0.25, 0.3) is 0 Å². The van der Waals surface area contributed by atoms with Gasteiger partial charge in [0.25, 0.3) is 0 Å². The molecule has 0 fully saturated rings. The number of amides is 1. The number of nitrogens with zero attached hydrogens (tertiary/aromatic N) is 2. The van der Waals surface area contributed by atoms with Crippen molar-refractivity contribution in [3.8, 4) is 0 Å². The fourth-order valence-corrected chi connectivity index (χ4v) is 1.20. The van der Waals surface area contributed by atoms with Gasteiger partial charge in [-0.3, -0.25) is 9.48 Å². The Labute approximate surface area is 100 Å². The van der Waals surface area contributed by atoms with Crippen LogP contribution in [0.15, 0.2) is 25.0 Å². The van der Waals surface area contributed by atoms with Crippen molar-refractivity contribution in [2.24, 2.45) is 0 Å². The second-order valence-electron chi connectivity index (χ2n) is 3.51. The largest absolute Gasteiger partial charge is 0.396 e. The second kappa shape index (κ2) is 7.45. The average Bonchev–Trinajstić information content (AvgIpc) is 2.69. The van der Waals surface area contributed by atoms with Gasteiger partial charge in [-0.2, -0.15) is 5.10 Å². The fourth-order valence-electron chi connectivity index (χ4n) is 1.20. The summed E-state index contributed by atoms with van der Waals surface area (Å²) in [5, 5.41) is 6.64. The third kappa shape index (κ3) is 5.72. The molecule has 0 saturated heterocycles. The van der Waals surface area contributed by atoms with E-state index in [0.717, 1.165) is 6.42 Å². The first-order valence-electron chi connectivity index (χ1n) is 5.45. The molecular formula is C11H18N4O2. The minimum absolute atomic E-state index is 0.111. The summed E-state index contributed by atoms with van der Waals surface area (Å²) in [4.78, 5) is 11.4. The highest BCUT2D eigenvalue weighted by atomic mass is 16.5. The molecule has 0 spiro atoms. The molecule has 3 N–H and O–H groups in total. The van der Waals surface area contributed by atoms with Crippen LogP contribution in [0.4, 0.5) is 5.69 Å². The summed E-state index contributed by atoms with van der Waals surface area (Å²) in [6, 6.07) is 0. The number of nitrogens with one attached hydrogen (secondary N) is 1. The Kier molecular flexibility index (Phi) is 5.81. The molecule has 6 nitrogen and oxygen atoms in total. The van der Waals surface area contributed by atoms with Crippen molar-refractivity contribution in [2.45, 2.75) is 13.0 Å². The summed E-state index contributed by atoms with van der Waals surface area (Å²) >= 11 is 0. The van der Waals surface area contributed by atoms with E-state index < -0.39 is 0 Å². The zero-order chi connectivity index (χ0) is 12.5. The summed E-state index contributed by atoms with van der Waals surface area (Å²) in [6.45, 7) is 5.38. The summed E-state index contributed by atoms with van der Waals surface area (Å²) in [6.07, 6.45) is 5.73.